The van der Waals surface area contributed by atoms with Gasteiger partial charge in [-0.2, -0.15) is 0 Å². The number of rotatable bonds is 5. The highest BCUT2D eigenvalue weighted by Gasteiger charge is 2.26. The molecular formula is C18H23ClN4O. The highest BCUT2D eigenvalue weighted by molar-refractivity contribution is 6.30. The lowest BCUT2D eigenvalue weighted by Crippen LogP contribution is -2.46. The van der Waals surface area contributed by atoms with Crippen molar-refractivity contribution in [3.63, 3.8) is 0 Å². The predicted octanol–water partition coefficient (Wildman–Crippen LogP) is 2.84. The first-order valence-electron chi connectivity index (χ1n) is 8.37. The number of amides is 1. The van der Waals surface area contributed by atoms with E-state index < -0.39 is 0 Å². The van der Waals surface area contributed by atoms with Gasteiger partial charge in [-0.1, -0.05) is 17.7 Å². The highest BCUT2D eigenvalue weighted by atomic mass is 35.5. The number of pyridine rings is 1. The Balaban J connectivity index is 1.47. The van der Waals surface area contributed by atoms with Crippen molar-refractivity contribution in [1.29, 1.82) is 0 Å². The maximum atomic E-state index is 12.5. The van der Waals surface area contributed by atoms with Crippen molar-refractivity contribution < 1.29 is 4.79 Å². The SMILES string of the molecule is CN(C(=O)c1cc(Cl)c[nH]1)C1CCN(CCc2ccccn2)CC1. The van der Waals surface area contributed by atoms with Crippen molar-refractivity contribution in [2.24, 2.45) is 0 Å². The number of carbonyl (C=O) groups is 1. The van der Waals surface area contributed by atoms with Gasteiger partial charge >= 0.3 is 0 Å². The van der Waals surface area contributed by atoms with Crippen molar-refractivity contribution in [3.05, 3.63) is 53.1 Å². The number of carbonyl (C=O) groups excluding carboxylic acids is 1. The Morgan fingerprint density at radius 1 is 1.42 bits per heavy atom. The molecule has 0 spiro atoms. The van der Waals surface area contributed by atoms with Crippen LogP contribution in [0.4, 0.5) is 0 Å². The van der Waals surface area contributed by atoms with Crippen LogP contribution in [0.15, 0.2) is 36.7 Å². The molecule has 1 N–H and O–H groups in total. The normalized spacial score (nSPS) is 16.2. The smallest absolute Gasteiger partial charge is 0.270 e. The van der Waals surface area contributed by atoms with Gasteiger partial charge in [-0.25, -0.2) is 0 Å². The first-order valence-corrected chi connectivity index (χ1v) is 8.74. The van der Waals surface area contributed by atoms with Crippen LogP contribution in [0.25, 0.3) is 0 Å². The van der Waals surface area contributed by atoms with Gasteiger partial charge in [0.25, 0.3) is 5.91 Å². The molecule has 0 bridgehead atoms. The average Bonchev–Trinajstić information content (AvgIpc) is 3.06. The molecule has 1 saturated heterocycles. The zero-order chi connectivity index (χ0) is 16.9. The van der Waals surface area contributed by atoms with E-state index in [1.807, 2.05) is 30.3 Å². The molecule has 24 heavy (non-hydrogen) atoms. The summed E-state index contributed by atoms with van der Waals surface area (Å²) in [4.78, 5) is 24.1. The van der Waals surface area contributed by atoms with Gasteiger partial charge in [-0.05, 0) is 31.0 Å². The van der Waals surface area contributed by atoms with Gasteiger partial charge in [0.2, 0.25) is 0 Å². The minimum Gasteiger partial charge on any atom is -0.356 e. The van der Waals surface area contributed by atoms with E-state index in [1.54, 1.807) is 12.3 Å². The third kappa shape index (κ3) is 4.16. The molecule has 1 aliphatic rings. The fourth-order valence-electron chi connectivity index (χ4n) is 3.20. The minimum absolute atomic E-state index is 0.00818. The number of aromatic amines is 1. The Morgan fingerprint density at radius 3 is 2.83 bits per heavy atom. The molecule has 1 amide bonds. The zero-order valence-corrected chi connectivity index (χ0v) is 14.7. The molecule has 0 atom stereocenters. The molecule has 0 radical (unpaired) electrons. The van der Waals surface area contributed by atoms with E-state index in [4.69, 9.17) is 11.6 Å². The number of halogens is 1. The Hall–Kier alpha value is -1.85. The van der Waals surface area contributed by atoms with Crippen LogP contribution in [0.5, 0.6) is 0 Å². The van der Waals surface area contributed by atoms with Crippen LogP contribution in [-0.2, 0) is 6.42 Å². The van der Waals surface area contributed by atoms with Crippen LogP contribution in [-0.4, -0.2) is 58.4 Å². The summed E-state index contributed by atoms with van der Waals surface area (Å²) in [5.41, 5.74) is 1.69. The number of hydrogen-bond acceptors (Lipinski definition) is 3. The van der Waals surface area contributed by atoms with Gasteiger partial charge in [0.05, 0.1) is 5.02 Å². The summed E-state index contributed by atoms with van der Waals surface area (Å²) in [5.74, 6) is 0.00818. The van der Waals surface area contributed by atoms with Crippen molar-refractivity contribution >= 4 is 17.5 Å². The van der Waals surface area contributed by atoms with Crippen molar-refractivity contribution in [1.82, 2.24) is 19.8 Å². The van der Waals surface area contributed by atoms with Crippen LogP contribution in [0.2, 0.25) is 5.02 Å². The van der Waals surface area contributed by atoms with E-state index in [0.717, 1.165) is 44.6 Å². The molecule has 0 unspecified atom stereocenters. The summed E-state index contributed by atoms with van der Waals surface area (Å²) >= 11 is 5.89. The first-order chi connectivity index (χ1) is 11.6. The minimum atomic E-state index is 0.00818. The predicted molar refractivity (Wildman–Crippen MR) is 95.3 cm³/mol. The second-order valence-electron chi connectivity index (χ2n) is 6.29. The number of hydrogen-bond donors (Lipinski definition) is 1. The van der Waals surface area contributed by atoms with Crippen molar-refractivity contribution in [2.75, 3.05) is 26.7 Å². The summed E-state index contributed by atoms with van der Waals surface area (Å²) < 4.78 is 0. The highest BCUT2D eigenvalue weighted by Crippen LogP contribution is 2.19. The molecule has 0 saturated carbocycles. The molecule has 3 heterocycles. The molecule has 128 valence electrons. The average molecular weight is 347 g/mol. The molecule has 6 heteroatoms. The summed E-state index contributed by atoms with van der Waals surface area (Å²) in [5, 5.41) is 0.566. The molecule has 5 nitrogen and oxygen atoms in total. The molecule has 0 aliphatic carbocycles. The Labute approximate surface area is 147 Å². The van der Waals surface area contributed by atoms with E-state index >= 15 is 0 Å². The quantitative estimate of drug-likeness (QED) is 0.905. The molecule has 2 aromatic heterocycles. The largest absolute Gasteiger partial charge is 0.356 e. The number of nitrogens with zero attached hydrogens (tertiary/aromatic N) is 3. The molecule has 0 aromatic carbocycles. The maximum absolute atomic E-state index is 12.5. The topological polar surface area (TPSA) is 52.2 Å². The third-order valence-electron chi connectivity index (χ3n) is 4.71. The van der Waals surface area contributed by atoms with Gasteiger partial charge in [0.1, 0.15) is 5.69 Å². The Bertz CT molecular complexity index is 665. The fourth-order valence-corrected chi connectivity index (χ4v) is 3.36. The second kappa shape index (κ2) is 7.81. The molecular weight excluding hydrogens is 324 g/mol. The fraction of sp³-hybridized carbons (Fsp3) is 0.444. The third-order valence-corrected chi connectivity index (χ3v) is 4.93. The lowest BCUT2D eigenvalue weighted by atomic mass is 10.0. The van der Waals surface area contributed by atoms with E-state index in [2.05, 4.69) is 20.9 Å². The first kappa shape index (κ1) is 17.0. The van der Waals surface area contributed by atoms with Gasteiger partial charge < -0.3 is 14.8 Å². The number of piperidine rings is 1. The van der Waals surface area contributed by atoms with E-state index in [9.17, 15) is 4.79 Å². The lowest BCUT2D eigenvalue weighted by Gasteiger charge is -2.36. The number of nitrogens with one attached hydrogen (secondary N) is 1. The summed E-state index contributed by atoms with van der Waals surface area (Å²) in [6.45, 7) is 3.05. The van der Waals surface area contributed by atoms with E-state index in [0.29, 0.717) is 10.7 Å². The number of H-pyrrole nitrogens is 1. The van der Waals surface area contributed by atoms with Gasteiger partial charge in [-0.15, -0.1) is 0 Å². The standard InChI is InChI=1S/C18H23ClN4O/c1-22(18(24)17-12-14(19)13-21-17)16-6-10-23(11-7-16)9-5-15-4-2-3-8-20-15/h2-4,8,12-13,16,21H,5-7,9-11H2,1H3. The molecule has 3 rings (SSSR count). The number of aromatic nitrogens is 2. The Kier molecular flexibility index (Phi) is 5.53. The Morgan fingerprint density at radius 2 is 2.21 bits per heavy atom. The lowest BCUT2D eigenvalue weighted by molar-refractivity contribution is 0.0638. The van der Waals surface area contributed by atoms with Crippen LogP contribution in [0, 0.1) is 0 Å². The monoisotopic (exact) mass is 346 g/mol. The maximum Gasteiger partial charge on any atom is 0.270 e. The molecule has 1 aliphatic heterocycles. The van der Waals surface area contributed by atoms with Crippen molar-refractivity contribution in [3.8, 4) is 0 Å². The summed E-state index contributed by atoms with van der Waals surface area (Å²) in [6.07, 6.45) is 6.46. The van der Waals surface area contributed by atoms with Crippen molar-refractivity contribution in [2.45, 2.75) is 25.3 Å². The van der Waals surface area contributed by atoms with Crippen LogP contribution in [0.1, 0.15) is 29.0 Å². The summed E-state index contributed by atoms with van der Waals surface area (Å²) in [7, 11) is 1.88. The number of likely N-dealkylation sites (tertiary alicyclic amines) is 1. The molecule has 2 aromatic rings. The van der Waals surface area contributed by atoms with Crippen LogP contribution >= 0.6 is 11.6 Å². The van der Waals surface area contributed by atoms with E-state index in [-0.39, 0.29) is 11.9 Å². The summed E-state index contributed by atoms with van der Waals surface area (Å²) in [6, 6.07) is 8.01. The van der Waals surface area contributed by atoms with Gasteiger partial charge in [0, 0.05) is 57.2 Å². The van der Waals surface area contributed by atoms with Gasteiger partial charge in [0.15, 0.2) is 0 Å². The zero-order valence-electron chi connectivity index (χ0n) is 13.9. The van der Waals surface area contributed by atoms with Crippen LogP contribution in [0.3, 0.4) is 0 Å². The van der Waals surface area contributed by atoms with Gasteiger partial charge in [-0.3, -0.25) is 9.78 Å². The molecule has 1 fully saturated rings. The second-order valence-corrected chi connectivity index (χ2v) is 6.73. The van der Waals surface area contributed by atoms with Crippen LogP contribution < -0.4 is 0 Å². The van der Waals surface area contributed by atoms with E-state index in [1.165, 1.54) is 0 Å².